The van der Waals surface area contributed by atoms with Crippen LogP contribution in [0.25, 0.3) is 10.1 Å². The van der Waals surface area contributed by atoms with E-state index >= 15 is 0 Å². The monoisotopic (exact) mass is 754 g/mol. The topological polar surface area (TPSA) is 6.48 Å². The van der Waals surface area contributed by atoms with Crippen molar-refractivity contribution in [3.63, 3.8) is 0 Å². The molecule has 3 heterocycles. The highest BCUT2D eigenvalue weighted by molar-refractivity contribution is 7.33. The first-order valence-corrected chi connectivity index (χ1v) is 21.7. The smallest absolute Gasteiger partial charge is 0.264 e. The minimum absolute atomic E-state index is 0.0630. The largest absolute Gasteiger partial charge is 0.311 e. The second-order valence-electron chi connectivity index (χ2n) is 20.9. The Morgan fingerprint density at radius 3 is 1.70 bits per heavy atom. The quantitative estimate of drug-likeness (QED) is 0.162. The van der Waals surface area contributed by atoms with Crippen molar-refractivity contribution < 1.29 is 0 Å². The van der Waals surface area contributed by atoms with Crippen LogP contribution >= 0.6 is 11.3 Å². The molecule has 3 aliphatic rings. The van der Waals surface area contributed by atoms with E-state index in [2.05, 4.69) is 186 Å². The number of fused-ring (bicyclic) bond motifs is 7. The van der Waals surface area contributed by atoms with Gasteiger partial charge >= 0.3 is 0 Å². The molecule has 2 nitrogen and oxygen atoms in total. The Labute approximate surface area is 341 Å². The Hall–Kier alpha value is -4.28. The van der Waals surface area contributed by atoms with E-state index in [1.54, 1.807) is 0 Å². The van der Waals surface area contributed by atoms with Gasteiger partial charge in [0, 0.05) is 37.6 Å². The van der Waals surface area contributed by atoms with E-state index in [0.29, 0.717) is 0 Å². The first-order valence-electron chi connectivity index (χ1n) is 20.8. The molecule has 6 aromatic rings. The lowest BCUT2D eigenvalue weighted by atomic mass is 9.35. The summed E-state index contributed by atoms with van der Waals surface area (Å²) in [7, 11) is 0. The van der Waals surface area contributed by atoms with Gasteiger partial charge in [-0.15, -0.1) is 11.3 Å². The fourth-order valence-corrected chi connectivity index (χ4v) is 11.6. The van der Waals surface area contributed by atoms with Crippen LogP contribution in [-0.4, -0.2) is 6.71 Å². The Kier molecular flexibility index (Phi) is 8.08. The number of hydrogen-bond donors (Lipinski definition) is 0. The van der Waals surface area contributed by atoms with Crippen LogP contribution in [0.5, 0.6) is 0 Å². The second kappa shape index (κ2) is 12.1. The Balaban J connectivity index is 1.43. The molecule has 0 saturated heterocycles. The average molecular weight is 755 g/mol. The van der Waals surface area contributed by atoms with E-state index < -0.39 is 0 Å². The summed E-state index contributed by atoms with van der Waals surface area (Å²) in [5.74, 6) is 0. The fourth-order valence-electron chi connectivity index (χ4n) is 10.3. The summed E-state index contributed by atoms with van der Waals surface area (Å²) < 4.78 is 2.83. The molecule has 0 saturated carbocycles. The van der Waals surface area contributed by atoms with Crippen molar-refractivity contribution in [1.29, 1.82) is 0 Å². The van der Waals surface area contributed by atoms with Gasteiger partial charge in [0.2, 0.25) is 0 Å². The molecule has 0 spiro atoms. The van der Waals surface area contributed by atoms with Gasteiger partial charge in [0.1, 0.15) is 0 Å². The summed E-state index contributed by atoms with van der Waals surface area (Å²) in [6.45, 7) is 33.1. The third-order valence-electron chi connectivity index (χ3n) is 13.5. The van der Waals surface area contributed by atoms with Gasteiger partial charge in [-0.2, -0.15) is 0 Å². The molecule has 0 N–H and O–H groups in total. The van der Waals surface area contributed by atoms with Crippen molar-refractivity contribution in [3.8, 4) is 0 Å². The molecule has 9 rings (SSSR count). The van der Waals surface area contributed by atoms with E-state index in [9.17, 15) is 0 Å². The third kappa shape index (κ3) is 5.56. The number of nitrogens with zero attached hydrogens (tertiary/aromatic N) is 2. The predicted molar refractivity (Wildman–Crippen MR) is 247 cm³/mol. The van der Waals surface area contributed by atoms with E-state index in [4.69, 9.17) is 0 Å². The third-order valence-corrected chi connectivity index (χ3v) is 14.7. The van der Waals surface area contributed by atoms with Crippen LogP contribution in [0.4, 0.5) is 34.1 Å². The highest BCUT2D eigenvalue weighted by atomic mass is 32.1. The highest BCUT2D eigenvalue weighted by Crippen LogP contribution is 2.52. The van der Waals surface area contributed by atoms with Crippen molar-refractivity contribution in [2.24, 2.45) is 0 Å². The van der Waals surface area contributed by atoms with Gasteiger partial charge in [0.25, 0.3) is 6.71 Å². The summed E-state index contributed by atoms with van der Waals surface area (Å²) in [4.78, 5) is 5.31. The maximum atomic E-state index is 2.68. The summed E-state index contributed by atoms with van der Waals surface area (Å²) in [5, 5.41) is 1.35. The molecule has 0 atom stereocenters. The molecule has 5 aromatic carbocycles. The molecule has 4 heteroatoms. The highest BCUT2D eigenvalue weighted by Gasteiger charge is 2.48. The minimum atomic E-state index is 0.0630. The fraction of sp³-hybridized carbons (Fsp3) is 0.385. The van der Waals surface area contributed by atoms with Crippen LogP contribution in [0.3, 0.4) is 0 Å². The summed E-state index contributed by atoms with van der Waals surface area (Å²) >= 11 is 2.02. The van der Waals surface area contributed by atoms with Crippen LogP contribution in [0.2, 0.25) is 0 Å². The molecule has 0 radical (unpaired) electrons. The lowest BCUT2D eigenvalue weighted by Crippen LogP contribution is -2.61. The van der Waals surface area contributed by atoms with Crippen molar-refractivity contribution in [1.82, 2.24) is 0 Å². The maximum Gasteiger partial charge on any atom is 0.264 e. The van der Waals surface area contributed by atoms with Gasteiger partial charge in [-0.25, -0.2) is 0 Å². The molecule has 286 valence electrons. The van der Waals surface area contributed by atoms with E-state index in [1.807, 2.05) is 11.3 Å². The van der Waals surface area contributed by atoms with E-state index in [0.717, 1.165) is 0 Å². The maximum absolute atomic E-state index is 2.68. The van der Waals surface area contributed by atoms with Gasteiger partial charge in [-0.05, 0) is 148 Å². The minimum Gasteiger partial charge on any atom is -0.311 e. The summed E-state index contributed by atoms with van der Waals surface area (Å²) in [6, 6.07) is 31.8. The Morgan fingerprint density at radius 2 is 1.11 bits per heavy atom. The molecular weight excluding hydrogens is 695 g/mol. The van der Waals surface area contributed by atoms with Gasteiger partial charge in [0.05, 0.1) is 11.4 Å². The number of benzene rings is 5. The number of thiophene rings is 1. The van der Waals surface area contributed by atoms with Crippen LogP contribution in [0.1, 0.15) is 127 Å². The number of anilines is 6. The van der Waals surface area contributed by atoms with Gasteiger partial charge in [-0.3, -0.25) is 0 Å². The first-order chi connectivity index (χ1) is 26.2. The standard InChI is InChI=1S/C52H59BN2S/c1-30-23-32(3)46(33(4)24-30)55-41-29-39-38(51(11,12)21-22-52(39,13)14)28-40(41)53-45-42(25-31(2)26-43(45)55)54(36-18-15-34(16-19-36)49(5,6)7)47-37-20-17-35(50(8,9)10)27-44(37)56-48(47)53/h15-20,23-29H,21-22H2,1-14H3. The zero-order valence-electron chi connectivity index (χ0n) is 36.3. The summed E-state index contributed by atoms with van der Waals surface area (Å²) in [6.07, 6.45) is 2.39. The zero-order valence-corrected chi connectivity index (χ0v) is 37.1. The average Bonchev–Trinajstić information content (AvgIpc) is 3.48. The second-order valence-corrected chi connectivity index (χ2v) is 21.9. The lowest BCUT2D eigenvalue weighted by molar-refractivity contribution is 0.332. The van der Waals surface area contributed by atoms with Gasteiger partial charge < -0.3 is 9.80 Å². The molecular formula is C52H59BN2S. The van der Waals surface area contributed by atoms with Crippen molar-refractivity contribution >= 4 is 78.0 Å². The first kappa shape index (κ1) is 37.3. The molecule has 0 unspecified atom stereocenters. The van der Waals surface area contributed by atoms with Gasteiger partial charge in [-0.1, -0.05) is 117 Å². The molecule has 0 fully saturated rings. The zero-order chi connectivity index (χ0) is 40.0. The van der Waals surface area contributed by atoms with Gasteiger partial charge in [0.15, 0.2) is 0 Å². The lowest BCUT2D eigenvalue weighted by Gasteiger charge is -2.47. The summed E-state index contributed by atoms with van der Waals surface area (Å²) in [5.41, 5.74) is 22.1. The molecule has 1 aromatic heterocycles. The van der Waals surface area contributed by atoms with E-state index in [1.165, 1.54) is 117 Å². The molecule has 0 bridgehead atoms. The van der Waals surface area contributed by atoms with E-state index in [-0.39, 0.29) is 28.4 Å². The number of aryl methyl sites for hydroxylation is 4. The molecule has 2 aliphatic heterocycles. The van der Waals surface area contributed by atoms with Crippen molar-refractivity contribution in [2.75, 3.05) is 9.80 Å². The molecule has 56 heavy (non-hydrogen) atoms. The van der Waals surface area contributed by atoms with Crippen LogP contribution in [0, 0.1) is 27.7 Å². The molecule has 0 amide bonds. The molecule has 1 aliphatic carbocycles. The van der Waals surface area contributed by atoms with Crippen LogP contribution in [-0.2, 0) is 21.7 Å². The van der Waals surface area contributed by atoms with Crippen LogP contribution in [0.15, 0.2) is 78.9 Å². The van der Waals surface area contributed by atoms with Crippen molar-refractivity contribution in [3.05, 3.63) is 123 Å². The van der Waals surface area contributed by atoms with Crippen molar-refractivity contribution in [2.45, 2.75) is 131 Å². The van der Waals surface area contributed by atoms with Crippen LogP contribution < -0.4 is 25.5 Å². The predicted octanol–water partition coefficient (Wildman–Crippen LogP) is 13.2. The normalized spacial score (nSPS) is 16.8. The SMILES string of the molecule is Cc1cc(C)c(N2c3cc4c(cc3B3c5sc6cc(C(C)(C)C)ccc6c5N(c5ccc(C(C)(C)C)cc5)c5cc(C)cc2c53)C(C)(C)CCC4(C)C)c(C)c1. The Bertz CT molecular complexity index is 2580. The number of rotatable bonds is 2. The Morgan fingerprint density at radius 1 is 0.571 bits per heavy atom. The number of hydrogen-bond acceptors (Lipinski definition) is 3.